The number of rotatable bonds is 6. The molecular formula is C8H16KNO2. The summed E-state index contributed by atoms with van der Waals surface area (Å²) in [5.74, 6) is -0.980. The molecule has 0 saturated carbocycles. The molecule has 0 saturated heterocycles. The van der Waals surface area contributed by atoms with E-state index in [0.717, 1.165) is 25.9 Å². The number of carboxylic acids is 1. The normalized spacial score (nSPS) is 9.58. The Hall–Kier alpha value is 1.07. The summed E-state index contributed by atoms with van der Waals surface area (Å²) in [7, 11) is 0. The number of nitrogens with zero attached hydrogens (tertiary/aromatic N) is 1. The maximum Gasteiger partial charge on any atom is 1.00 e. The predicted molar refractivity (Wildman–Crippen MR) is 42.0 cm³/mol. The minimum Gasteiger partial charge on any atom is -0.549 e. The van der Waals surface area contributed by atoms with E-state index in [4.69, 9.17) is 0 Å². The van der Waals surface area contributed by atoms with Gasteiger partial charge in [0.1, 0.15) is 0 Å². The first kappa shape index (κ1) is 15.5. The first-order valence-corrected chi connectivity index (χ1v) is 4.12. The van der Waals surface area contributed by atoms with E-state index in [1.165, 1.54) is 0 Å². The number of carboxylic acid groups (broad SMARTS) is 1. The summed E-state index contributed by atoms with van der Waals surface area (Å²) in [4.78, 5) is 12.1. The molecule has 0 spiro atoms. The molecule has 0 bridgehead atoms. The Morgan fingerprint density at radius 3 is 1.92 bits per heavy atom. The number of hydrogen-bond donors (Lipinski definition) is 0. The third-order valence-electron chi connectivity index (χ3n) is 1.43. The number of carbonyl (C=O) groups is 1. The van der Waals surface area contributed by atoms with Crippen molar-refractivity contribution in [1.29, 1.82) is 0 Å². The summed E-state index contributed by atoms with van der Waals surface area (Å²) in [6.45, 7) is 5.85. The molecule has 0 unspecified atom stereocenters. The van der Waals surface area contributed by atoms with Crippen LogP contribution in [0.5, 0.6) is 0 Å². The first-order chi connectivity index (χ1) is 5.20. The van der Waals surface area contributed by atoms with Gasteiger partial charge in [-0.3, -0.25) is 4.90 Å². The van der Waals surface area contributed by atoms with Crippen LogP contribution in [0.25, 0.3) is 0 Å². The van der Waals surface area contributed by atoms with Gasteiger partial charge in [-0.25, -0.2) is 0 Å². The van der Waals surface area contributed by atoms with Gasteiger partial charge in [0.2, 0.25) is 0 Å². The molecule has 66 valence electrons. The van der Waals surface area contributed by atoms with E-state index in [-0.39, 0.29) is 57.9 Å². The largest absolute Gasteiger partial charge is 1.00 e. The molecule has 0 rings (SSSR count). The van der Waals surface area contributed by atoms with E-state index in [0.29, 0.717) is 0 Å². The Morgan fingerprint density at radius 2 is 1.67 bits per heavy atom. The molecule has 0 atom stereocenters. The number of aliphatic carboxylic acids is 1. The third-order valence-corrected chi connectivity index (χ3v) is 1.43. The minimum absolute atomic E-state index is 0. The second-order valence-corrected chi connectivity index (χ2v) is 2.65. The molecule has 0 aromatic rings. The van der Waals surface area contributed by atoms with Crippen LogP contribution in [0.15, 0.2) is 0 Å². The van der Waals surface area contributed by atoms with Gasteiger partial charge in [-0.1, -0.05) is 13.8 Å². The monoisotopic (exact) mass is 197 g/mol. The zero-order valence-electron chi connectivity index (χ0n) is 8.30. The fourth-order valence-corrected chi connectivity index (χ4v) is 1.08. The van der Waals surface area contributed by atoms with E-state index in [1.807, 2.05) is 18.7 Å². The van der Waals surface area contributed by atoms with Crippen LogP contribution in [-0.2, 0) is 4.79 Å². The van der Waals surface area contributed by atoms with Gasteiger partial charge in [0.05, 0.1) is 5.97 Å². The van der Waals surface area contributed by atoms with Crippen LogP contribution >= 0.6 is 0 Å². The summed E-state index contributed by atoms with van der Waals surface area (Å²) in [6, 6.07) is 0. The fraction of sp³-hybridized carbons (Fsp3) is 0.875. The summed E-state index contributed by atoms with van der Waals surface area (Å²) in [6.07, 6.45) is 1.99. The van der Waals surface area contributed by atoms with Gasteiger partial charge in [0.25, 0.3) is 0 Å². The Morgan fingerprint density at radius 1 is 1.25 bits per heavy atom. The molecule has 3 nitrogen and oxygen atoms in total. The molecule has 0 amide bonds. The summed E-state index contributed by atoms with van der Waals surface area (Å²) < 4.78 is 0. The molecule has 12 heavy (non-hydrogen) atoms. The van der Waals surface area contributed by atoms with Crippen molar-refractivity contribution in [3.05, 3.63) is 0 Å². The quantitative estimate of drug-likeness (QED) is 0.423. The van der Waals surface area contributed by atoms with Crippen molar-refractivity contribution >= 4 is 5.97 Å². The maximum absolute atomic E-state index is 10.2. The molecule has 0 fully saturated rings. The Labute approximate surface area is 117 Å². The van der Waals surface area contributed by atoms with Gasteiger partial charge in [-0.05, 0) is 25.9 Å². The van der Waals surface area contributed by atoms with Gasteiger partial charge < -0.3 is 9.90 Å². The molecule has 0 aliphatic rings. The maximum atomic E-state index is 10.2. The average molecular weight is 197 g/mol. The van der Waals surface area contributed by atoms with Crippen molar-refractivity contribution in [3.8, 4) is 0 Å². The van der Waals surface area contributed by atoms with E-state index >= 15 is 0 Å². The fourth-order valence-electron chi connectivity index (χ4n) is 1.08. The van der Waals surface area contributed by atoms with Crippen LogP contribution in [0.4, 0.5) is 0 Å². The van der Waals surface area contributed by atoms with Crippen molar-refractivity contribution in [2.75, 3.05) is 19.6 Å². The van der Waals surface area contributed by atoms with Crippen molar-refractivity contribution < 1.29 is 61.3 Å². The van der Waals surface area contributed by atoms with Crippen LogP contribution in [-0.4, -0.2) is 30.5 Å². The van der Waals surface area contributed by atoms with E-state index in [9.17, 15) is 9.90 Å². The molecular weight excluding hydrogens is 181 g/mol. The van der Waals surface area contributed by atoms with Crippen LogP contribution in [0.2, 0.25) is 0 Å². The standard InChI is InChI=1S/C8H17NO2.K/c1-3-5-9(6-4-2)7-8(10)11;/h3-7H2,1-2H3,(H,10,11);/q;+1/p-1. The SMILES string of the molecule is CCCN(CCC)CC(=O)[O-].[K+]. The molecule has 0 aromatic carbocycles. The second-order valence-electron chi connectivity index (χ2n) is 2.65. The molecule has 0 radical (unpaired) electrons. The zero-order valence-corrected chi connectivity index (χ0v) is 11.4. The number of hydrogen-bond acceptors (Lipinski definition) is 3. The van der Waals surface area contributed by atoms with Gasteiger partial charge in [0, 0.05) is 6.54 Å². The number of carbonyl (C=O) groups excluding carboxylic acids is 1. The van der Waals surface area contributed by atoms with Gasteiger partial charge >= 0.3 is 51.4 Å². The zero-order chi connectivity index (χ0) is 8.69. The van der Waals surface area contributed by atoms with Crippen LogP contribution in [0.3, 0.4) is 0 Å². The summed E-state index contributed by atoms with van der Waals surface area (Å²) in [5, 5.41) is 10.2. The van der Waals surface area contributed by atoms with E-state index < -0.39 is 5.97 Å². The van der Waals surface area contributed by atoms with Gasteiger partial charge in [-0.15, -0.1) is 0 Å². The van der Waals surface area contributed by atoms with E-state index in [2.05, 4.69) is 0 Å². The van der Waals surface area contributed by atoms with E-state index in [1.54, 1.807) is 0 Å². The summed E-state index contributed by atoms with van der Waals surface area (Å²) >= 11 is 0. The average Bonchev–Trinajstić information content (AvgIpc) is 1.87. The summed E-state index contributed by atoms with van der Waals surface area (Å²) in [5.41, 5.74) is 0. The van der Waals surface area contributed by atoms with Gasteiger partial charge in [-0.2, -0.15) is 0 Å². The molecule has 0 aromatic heterocycles. The first-order valence-electron chi connectivity index (χ1n) is 4.12. The molecule has 0 aliphatic heterocycles. The van der Waals surface area contributed by atoms with Crippen LogP contribution < -0.4 is 56.5 Å². The molecule has 0 N–H and O–H groups in total. The topological polar surface area (TPSA) is 43.4 Å². The third kappa shape index (κ3) is 9.16. The van der Waals surface area contributed by atoms with Crippen molar-refractivity contribution in [1.82, 2.24) is 4.90 Å². The Bertz CT molecular complexity index is 114. The van der Waals surface area contributed by atoms with Crippen LogP contribution in [0, 0.1) is 0 Å². The molecule has 0 aliphatic carbocycles. The van der Waals surface area contributed by atoms with Crippen molar-refractivity contribution in [2.45, 2.75) is 26.7 Å². The van der Waals surface area contributed by atoms with Crippen molar-refractivity contribution in [3.63, 3.8) is 0 Å². The minimum atomic E-state index is -0.980. The second kappa shape index (κ2) is 10.1. The van der Waals surface area contributed by atoms with Crippen LogP contribution in [0.1, 0.15) is 26.7 Å². The Kier molecular flexibility index (Phi) is 13.1. The van der Waals surface area contributed by atoms with Gasteiger partial charge in [0.15, 0.2) is 0 Å². The van der Waals surface area contributed by atoms with Crippen molar-refractivity contribution in [2.24, 2.45) is 0 Å². The predicted octanol–water partition coefficient (Wildman–Crippen LogP) is -3.14. The molecule has 4 heteroatoms. The molecule has 0 heterocycles. The Balaban J connectivity index is 0. The smallest absolute Gasteiger partial charge is 0.549 e.